The lowest BCUT2D eigenvalue weighted by Gasteiger charge is -2.17. The van der Waals surface area contributed by atoms with Gasteiger partial charge in [-0.05, 0) is 18.3 Å². The average molecular weight is 198 g/mol. The molecule has 1 heterocycles. The fourth-order valence-corrected chi connectivity index (χ4v) is 1.16. The van der Waals surface area contributed by atoms with E-state index in [1.807, 2.05) is 0 Å². The first kappa shape index (κ1) is 11.1. The predicted molar refractivity (Wildman–Crippen MR) is 53.2 cm³/mol. The third kappa shape index (κ3) is 5.62. The van der Waals surface area contributed by atoms with Crippen LogP contribution >= 0.6 is 0 Å². The monoisotopic (exact) mass is 198 g/mol. The van der Waals surface area contributed by atoms with E-state index in [4.69, 9.17) is 4.74 Å². The molecule has 0 aromatic carbocycles. The van der Waals surface area contributed by atoms with Crippen molar-refractivity contribution in [2.45, 2.75) is 46.5 Å². The fraction of sp³-hybridized carbons (Fsp3) is 0.727. The van der Waals surface area contributed by atoms with Crippen LogP contribution in [0.15, 0.2) is 12.2 Å². The van der Waals surface area contributed by atoms with Gasteiger partial charge in [0.2, 0.25) is 0 Å². The first-order valence-corrected chi connectivity index (χ1v) is 5.05. The van der Waals surface area contributed by atoms with Crippen LogP contribution in [0.3, 0.4) is 0 Å². The average Bonchev–Trinajstić information content (AvgIpc) is 2.80. The second-order valence-corrected chi connectivity index (χ2v) is 4.80. The van der Waals surface area contributed by atoms with Crippen LogP contribution in [0.2, 0.25) is 0 Å². The van der Waals surface area contributed by atoms with Gasteiger partial charge in [0.15, 0.2) is 6.26 Å². The molecule has 0 aromatic heterocycles. The van der Waals surface area contributed by atoms with Gasteiger partial charge in [-0.15, -0.1) is 0 Å². The van der Waals surface area contributed by atoms with Crippen molar-refractivity contribution in [3.05, 3.63) is 12.2 Å². The van der Waals surface area contributed by atoms with Gasteiger partial charge >= 0.3 is 11.9 Å². The van der Waals surface area contributed by atoms with E-state index in [1.165, 1.54) is 6.26 Å². The van der Waals surface area contributed by atoms with E-state index in [0.29, 0.717) is 17.8 Å². The number of carbonyl (C=O) groups is 1. The van der Waals surface area contributed by atoms with E-state index in [9.17, 15) is 4.79 Å². The van der Waals surface area contributed by atoms with Gasteiger partial charge in [0.1, 0.15) is 0 Å². The van der Waals surface area contributed by atoms with E-state index in [1.54, 1.807) is 0 Å². The summed E-state index contributed by atoms with van der Waals surface area (Å²) in [4.78, 5) is 11.1. The van der Waals surface area contributed by atoms with Gasteiger partial charge in [0, 0.05) is 6.42 Å². The summed E-state index contributed by atoms with van der Waals surface area (Å²) in [6.45, 7) is 6.61. The van der Waals surface area contributed by atoms with Crippen LogP contribution in [-0.4, -0.2) is 5.97 Å². The number of ether oxygens (including phenoxy) is 2. The standard InChI is InChI=1S/C11H18O3/c1-11(2,3)7-5-4-6-9(12)14-10-8-13-10/h8H,4-7H2,1-3H3. The fourth-order valence-electron chi connectivity index (χ4n) is 1.16. The summed E-state index contributed by atoms with van der Waals surface area (Å²) >= 11 is 0. The minimum absolute atomic E-state index is 0.192. The Balaban J connectivity index is 1.97. The third-order valence-corrected chi connectivity index (χ3v) is 1.99. The number of carbonyl (C=O) groups excluding carboxylic acids is 1. The van der Waals surface area contributed by atoms with Crippen molar-refractivity contribution in [3.8, 4) is 0 Å². The molecule has 0 saturated carbocycles. The Morgan fingerprint density at radius 1 is 1.43 bits per heavy atom. The van der Waals surface area contributed by atoms with Crippen LogP contribution in [-0.2, 0) is 14.3 Å². The summed E-state index contributed by atoms with van der Waals surface area (Å²) < 4.78 is 9.38. The van der Waals surface area contributed by atoms with Crippen molar-refractivity contribution >= 4 is 5.97 Å². The van der Waals surface area contributed by atoms with Gasteiger partial charge < -0.3 is 9.47 Å². The van der Waals surface area contributed by atoms with E-state index < -0.39 is 0 Å². The van der Waals surface area contributed by atoms with Crippen LogP contribution in [0.5, 0.6) is 0 Å². The van der Waals surface area contributed by atoms with Crippen molar-refractivity contribution in [1.82, 2.24) is 0 Å². The summed E-state index contributed by atoms with van der Waals surface area (Å²) in [5.41, 5.74) is 0.353. The quantitative estimate of drug-likeness (QED) is 0.503. The highest BCUT2D eigenvalue weighted by molar-refractivity contribution is 5.70. The van der Waals surface area contributed by atoms with Gasteiger partial charge in [0.05, 0.1) is 0 Å². The van der Waals surface area contributed by atoms with Gasteiger partial charge in [-0.1, -0.05) is 27.2 Å². The summed E-state index contributed by atoms with van der Waals surface area (Å²) in [6.07, 6.45) is 5.01. The zero-order chi connectivity index (χ0) is 10.6. The topological polar surface area (TPSA) is 38.8 Å². The first-order valence-electron chi connectivity index (χ1n) is 5.05. The molecule has 0 aromatic rings. The maximum absolute atomic E-state index is 11.1. The van der Waals surface area contributed by atoms with Gasteiger partial charge in [-0.2, -0.15) is 0 Å². The molecule has 0 N–H and O–H groups in total. The van der Waals surface area contributed by atoms with Crippen LogP contribution < -0.4 is 0 Å². The molecule has 3 nitrogen and oxygen atoms in total. The Bertz CT molecular complexity index is 235. The van der Waals surface area contributed by atoms with Gasteiger partial charge in [0.25, 0.3) is 0 Å². The highest BCUT2D eigenvalue weighted by atomic mass is 16.7. The lowest BCUT2D eigenvalue weighted by molar-refractivity contribution is -0.140. The molecule has 1 aliphatic rings. The van der Waals surface area contributed by atoms with Crippen molar-refractivity contribution in [3.63, 3.8) is 0 Å². The van der Waals surface area contributed by atoms with Crippen molar-refractivity contribution in [2.24, 2.45) is 5.41 Å². The van der Waals surface area contributed by atoms with Crippen LogP contribution in [0.25, 0.3) is 0 Å². The molecule has 1 aliphatic heterocycles. The highest BCUT2D eigenvalue weighted by Crippen LogP contribution is 2.22. The number of rotatable bonds is 5. The zero-order valence-electron chi connectivity index (χ0n) is 9.13. The molecule has 80 valence electrons. The zero-order valence-corrected chi connectivity index (χ0v) is 9.13. The maximum atomic E-state index is 11.1. The molecular weight excluding hydrogens is 180 g/mol. The molecule has 0 radical (unpaired) electrons. The summed E-state index contributed by atoms with van der Waals surface area (Å²) in [5.74, 6) is 0.161. The van der Waals surface area contributed by atoms with Crippen molar-refractivity contribution in [2.75, 3.05) is 0 Å². The Hall–Kier alpha value is -0.990. The van der Waals surface area contributed by atoms with E-state index in [0.717, 1.165) is 19.3 Å². The molecule has 1 rings (SSSR count). The number of hydrogen-bond acceptors (Lipinski definition) is 3. The van der Waals surface area contributed by atoms with Crippen LogP contribution in [0, 0.1) is 5.41 Å². The van der Waals surface area contributed by atoms with Crippen LogP contribution in [0.1, 0.15) is 46.5 Å². The second-order valence-electron chi connectivity index (χ2n) is 4.80. The molecule has 0 spiro atoms. The Kier molecular flexibility index (Phi) is 3.55. The minimum atomic E-state index is -0.192. The molecule has 0 amide bonds. The number of unbranched alkanes of at least 4 members (excludes halogenated alkanes) is 1. The van der Waals surface area contributed by atoms with Gasteiger partial charge in [-0.3, -0.25) is 4.79 Å². The summed E-state index contributed by atoms with van der Waals surface area (Å²) in [7, 11) is 0. The predicted octanol–water partition coefficient (Wildman–Crippen LogP) is 2.97. The molecule has 3 heteroatoms. The Morgan fingerprint density at radius 2 is 2.07 bits per heavy atom. The summed E-state index contributed by atoms with van der Waals surface area (Å²) in [6, 6.07) is 0. The molecule has 0 saturated heterocycles. The van der Waals surface area contributed by atoms with Crippen molar-refractivity contribution in [1.29, 1.82) is 0 Å². The van der Waals surface area contributed by atoms with Crippen molar-refractivity contribution < 1.29 is 14.3 Å². The normalized spacial score (nSPS) is 14.4. The maximum Gasteiger partial charge on any atom is 0.329 e. The minimum Gasteiger partial charge on any atom is -0.424 e. The highest BCUT2D eigenvalue weighted by Gasteiger charge is 2.16. The molecule has 0 bridgehead atoms. The largest absolute Gasteiger partial charge is 0.424 e. The SMILES string of the molecule is CC(C)(C)CCCCC(=O)OC1=CO1. The summed E-state index contributed by atoms with van der Waals surface area (Å²) in [5, 5.41) is 0. The van der Waals surface area contributed by atoms with E-state index >= 15 is 0 Å². The van der Waals surface area contributed by atoms with Crippen LogP contribution in [0.4, 0.5) is 0 Å². The van der Waals surface area contributed by atoms with Gasteiger partial charge in [-0.25, -0.2) is 0 Å². The molecular formula is C11H18O3. The molecule has 0 aliphatic carbocycles. The van der Waals surface area contributed by atoms with E-state index in [2.05, 4.69) is 25.5 Å². The second kappa shape index (κ2) is 4.49. The molecule has 0 fully saturated rings. The third-order valence-electron chi connectivity index (χ3n) is 1.99. The lowest BCUT2D eigenvalue weighted by atomic mass is 9.89. The van der Waals surface area contributed by atoms with E-state index in [-0.39, 0.29) is 5.97 Å². The Labute approximate surface area is 85.1 Å². The number of esters is 1. The Morgan fingerprint density at radius 3 is 2.57 bits per heavy atom. The molecule has 14 heavy (non-hydrogen) atoms. The number of hydrogen-bond donors (Lipinski definition) is 0. The molecule has 0 atom stereocenters. The smallest absolute Gasteiger partial charge is 0.329 e. The lowest BCUT2D eigenvalue weighted by Crippen LogP contribution is -2.05. The molecule has 0 unspecified atom stereocenters. The first-order chi connectivity index (χ1) is 6.47.